The number of benzene rings is 1. The van der Waals surface area contributed by atoms with Gasteiger partial charge in [0, 0.05) is 11.8 Å². The Morgan fingerprint density at radius 3 is 2.89 bits per heavy atom. The van der Waals surface area contributed by atoms with E-state index in [9.17, 15) is 9.90 Å². The first-order valence-corrected chi connectivity index (χ1v) is 5.68. The predicted octanol–water partition coefficient (Wildman–Crippen LogP) is 1.37. The molecule has 1 aliphatic heterocycles. The molecule has 0 spiro atoms. The number of nitrogen functional groups attached to an aromatic ring is 1. The quantitative estimate of drug-likeness (QED) is 0.605. The molecule has 0 fully saturated rings. The minimum atomic E-state index is -1.12. The third-order valence-corrected chi connectivity index (χ3v) is 2.98. The average molecular weight is 249 g/mol. The number of hydrogen-bond donors (Lipinski definition) is 4. The monoisotopic (exact) mass is 249 g/mol. The summed E-state index contributed by atoms with van der Waals surface area (Å²) in [6.45, 7) is 1.61. The summed E-state index contributed by atoms with van der Waals surface area (Å²) in [5.74, 6) is -1.12. The van der Waals surface area contributed by atoms with Gasteiger partial charge in [0.2, 0.25) is 0 Å². The van der Waals surface area contributed by atoms with Gasteiger partial charge in [-0.3, -0.25) is 4.99 Å². The van der Waals surface area contributed by atoms with E-state index >= 15 is 0 Å². The summed E-state index contributed by atoms with van der Waals surface area (Å²) < 4.78 is 0. The summed E-state index contributed by atoms with van der Waals surface area (Å²) in [7, 11) is 0. The zero-order valence-electron chi connectivity index (χ0n) is 9.97. The Balaban J connectivity index is 2.62. The lowest BCUT2D eigenvalue weighted by molar-refractivity contribution is 0.0693. The van der Waals surface area contributed by atoms with Gasteiger partial charge in [-0.05, 0) is 12.5 Å². The van der Waals surface area contributed by atoms with E-state index in [1.54, 1.807) is 6.21 Å². The van der Waals surface area contributed by atoms with Gasteiger partial charge in [0.05, 0.1) is 35.3 Å². The van der Waals surface area contributed by atoms with Crippen LogP contribution >= 0.6 is 0 Å². The Hall–Kier alpha value is -2.08. The van der Waals surface area contributed by atoms with Crippen molar-refractivity contribution in [3.63, 3.8) is 0 Å². The molecule has 5 N–H and O–H groups in total. The summed E-state index contributed by atoms with van der Waals surface area (Å²) in [5, 5.41) is 21.6. The molecule has 0 bridgehead atoms. The van der Waals surface area contributed by atoms with E-state index in [0.29, 0.717) is 17.1 Å². The summed E-state index contributed by atoms with van der Waals surface area (Å²) in [6, 6.07) is 1.43. The highest BCUT2D eigenvalue weighted by Gasteiger charge is 2.23. The number of aromatic carboxylic acids is 1. The number of nitrogens with one attached hydrogen (secondary N) is 1. The summed E-state index contributed by atoms with van der Waals surface area (Å²) >= 11 is 0. The molecule has 1 aliphatic rings. The molecule has 0 amide bonds. The van der Waals surface area contributed by atoms with Crippen LogP contribution in [0.15, 0.2) is 11.1 Å². The number of carboxylic acids is 1. The molecule has 0 saturated carbocycles. The Labute approximate surface area is 104 Å². The Kier molecular flexibility index (Phi) is 3.20. The van der Waals surface area contributed by atoms with Crippen LogP contribution in [0.1, 0.15) is 29.3 Å². The van der Waals surface area contributed by atoms with E-state index in [4.69, 9.17) is 10.8 Å². The molecule has 0 aromatic heterocycles. The second-order valence-corrected chi connectivity index (χ2v) is 4.12. The van der Waals surface area contributed by atoms with Gasteiger partial charge in [-0.25, -0.2) is 4.79 Å². The first kappa shape index (κ1) is 12.4. The van der Waals surface area contributed by atoms with E-state index in [1.807, 2.05) is 6.92 Å². The third-order valence-electron chi connectivity index (χ3n) is 2.98. The highest BCUT2D eigenvalue weighted by atomic mass is 16.4. The maximum Gasteiger partial charge on any atom is 0.336 e. The first-order chi connectivity index (χ1) is 8.58. The number of rotatable bonds is 3. The van der Waals surface area contributed by atoms with Crippen LogP contribution in [0.4, 0.5) is 17.1 Å². The standard InChI is InChI=1S/C12H15N3O3/c1-2-6-4-14-10-8(5-16)7(12(17)18)3-9(13)11(10)15-6/h3-4,6,15-16H,2,5,13H2,1H3,(H,17,18). The van der Waals surface area contributed by atoms with Crippen LogP contribution in [0.25, 0.3) is 0 Å². The summed E-state index contributed by atoms with van der Waals surface area (Å²) in [6.07, 6.45) is 2.55. The van der Waals surface area contributed by atoms with Gasteiger partial charge in [-0.2, -0.15) is 0 Å². The van der Waals surface area contributed by atoms with Crippen LogP contribution in [-0.2, 0) is 6.61 Å². The number of nitrogens with zero attached hydrogens (tertiary/aromatic N) is 1. The van der Waals surface area contributed by atoms with E-state index in [1.165, 1.54) is 6.07 Å². The van der Waals surface area contributed by atoms with Crippen molar-refractivity contribution in [3.8, 4) is 0 Å². The van der Waals surface area contributed by atoms with Crippen molar-refractivity contribution in [2.24, 2.45) is 4.99 Å². The van der Waals surface area contributed by atoms with Crippen molar-refractivity contribution in [2.75, 3.05) is 11.1 Å². The number of carboxylic acid groups (broad SMARTS) is 1. The zero-order chi connectivity index (χ0) is 13.3. The summed E-state index contributed by atoms with van der Waals surface area (Å²) in [4.78, 5) is 15.3. The van der Waals surface area contributed by atoms with Crippen LogP contribution in [0, 0.1) is 0 Å². The molecule has 1 heterocycles. The zero-order valence-corrected chi connectivity index (χ0v) is 9.97. The fraction of sp³-hybridized carbons (Fsp3) is 0.333. The van der Waals surface area contributed by atoms with Crippen LogP contribution in [0.3, 0.4) is 0 Å². The predicted molar refractivity (Wildman–Crippen MR) is 69.6 cm³/mol. The van der Waals surface area contributed by atoms with Gasteiger partial charge in [0.1, 0.15) is 0 Å². The second kappa shape index (κ2) is 4.66. The lowest BCUT2D eigenvalue weighted by atomic mass is 10.0. The number of anilines is 2. The summed E-state index contributed by atoms with van der Waals surface area (Å²) in [5.41, 5.74) is 7.45. The number of aliphatic hydroxyl groups excluding tert-OH is 1. The number of aliphatic hydroxyl groups is 1. The van der Waals surface area contributed by atoms with Crippen LogP contribution < -0.4 is 11.1 Å². The Morgan fingerprint density at radius 1 is 1.61 bits per heavy atom. The lowest BCUT2D eigenvalue weighted by Crippen LogP contribution is -2.24. The van der Waals surface area contributed by atoms with Gasteiger partial charge in [-0.1, -0.05) is 6.92 Å². The fourth-order valence-corrected chi connectivity index (χ4v) is 1.97. The SMILES string of the molecule is CCC1C=Nc2c(CO)c(C(=O)O)cc(N)c2N1. The maximum atomic E-state index is 11.1. The second-order valence-electron chi connectivity index (χ2n) is 4.12. The van der Waals surface area contributed by atoms with Gasteiger partial charge >= 0.3 is 5.97 Å². The number of aliphatic imine (C=N–C) groups is 1. The van der Waals surface area contributed by atoms with Gasteiger partial charge < -0.3 is 21.3 Å². The Bertz CT molecular complexity index is 526. The van der Waals surface area contributed by atoms with Crippen molar-refractivity contribution in [2.45, 2.75) is 26.0 Å². The first-order valence-electron chi connectivity index (χ1n) is 5.68. The fourth-order valence-electron chi connectivity index (χ4n) is 1.97. The molecular weight excluding hydrogens is 234 g/mol. The number of fused-ring (bicyclic) bond motifs is 1. The highest BCUT2D eigenvalue weighted by molar-refractivity contribution is 5.99. The van der Waals surface area contributed by atoms with Gasteiger partial charge in [0.25, 0.3) is 0 Å². The van der Waals surface area contributed by atoms with Crippen LogP contribution in [0.2, 0.25) is 0 Å². The maximum absolute atomic E-state index is 11.1. The molecule has 0 saturated heterocycles. The van der Waals surface area contributed by atoms with Crippen molar-refractivity contribution in [1.29, 1.82) is 0 Å². The molecule has 0 radical (unpaired) electrons. The van der Waals surface area contributed by atoms with Crippen molar-refractivity contribution in [1.82, 2.24) is 0 Å². The normalized spacial score (nSPS) is 17.1. The molecule has 18 heavy (non-hydrogen) atoms. The van der Waals surface area contributed by atoms with E-state index < -0.39 is 5.97 Å². The minimum Gasteiger partial charge on any atom is -0.478 e. The van der Waals surface area contributed by atoms with Crippen molar-refractivity contribution in [3.05, 3.63) is 17.2 Å². The van der Waals surface area contributed by atoms with E-state index in [2.05, 4.69) is 10.3 Å². The molecule has 0 aliphatic carbocycles. The number of hydrogen-bond acceptors (Lipinski definition) is 5. The molecule has 6 nitrogen and oxygen atoms in total. The molecule has 96 valence electrons. The van der Waals surface area contributed by atoms with Crippen molar-refractivity contribution >= 4 is 29.2 Å². The van der Waals surface area contributed by atoms with Crippen LogP contribution in [0.5, 0.6) is 0 Å². The molecule has 2 rings (SSSR count). The molecule has 1 atom stereocenters. The van der Waals surface area contributed by atoms with E-state index in [-0.39, 0.29) is 23.8 Å². The largest absolute Gasteiger partial charge is 0.478 e. The molecular formula is C12H15N3O3. The van der Waals surface area contributed by atoms with Gasteiger partial charge in [-0.15, -0.1) is 0 Å². The minimum absolute atomic E-state index is 0.0114. The molecule has 6 heteroatoms. The molecule has 1 unspecified atom stereocenters. The lowest BCUT2D eigenvalue weighted by Gasteiger charge is -2.24. The average Bonchev–Trinajstić information content (AvgIpc) is 2.38. The molecule has 1 aromatic carbocycles. The topological polar surface area (TPSA) is 108 Å². The van der Waals surface area contributed by atoms with Crippen molar-refractivity contribution < 1.29 is 15.0 Å². The number of nitrogens with two attached hydrogens (primary N) is 1. The third kappa shape index (κ3) is 1.91. The van der Waals surface area contributed by atoms with Crippen LogP contribution in [-0.4, -0.2) is 28.4 Å². The van der Waals surface area contributed by atoms with E-state index in [0.717, 1.165) is 6.42 Å². The highest BCUT2D eigenvalue weighted by Crippen LogP contribution is 2.39. The molecule has 1 aromatic rings. The number of carbonyl (C=O) groups is 1. The smallest absolute Gasteiger partial charge is 0.336 e. The van der Waals surface area contributed by atoms with Gasteiger partial charge in [0.15, 0.2) is 0 Å². The Morgan fingerprint density at radius 2 is 2.33 bits per heavy atom.